The quantitative estimate of drug-likeness (QED) is 0.168. The maximum atomic E-state index is 2.63. The number of fused-ring (bicyclic) bond motifs is 11. The molecule has 0 aliphatic heterocycles. The molecule has 3 unspecified atom stereocenters. The summed E-state index contributed by atoms with van der Waals surface area (Å²) in [5, 5.41) is 0. The fourth-order valence-corrected chi connectivity index (χ4v) is 15.6. The van der Waals surface area contributed by atoms with Crippen LogP contribution in [-0.2, 0) is 10.8 Å². The molecule has 7 aromatic rings. The average Bonchev–Trinajstić information content (AvgIpc) is 4.06. The second kappa shape index (κ2) is 12.4. The van der Waals surface area contributed by atoms with Gasteiger partial charge in [0.25, 0.3) is 0 Å². The Balaban J connectivity index is 0.834. The molecule has 7 aromatic carbocycles. The molecule has 0 radical (unpaired) electrons. The van der Waals surface area contributed by atoms with Gasteiger partial charge in [-0.15, -0.1) is 0 Å². The fraction of sp³-hybridized carbons (Fsp3) is 0.288. The van der Waals surface area contributed by atoms with Crippen molar-refractivity contribution in [2.75, 3.05) is 4.90 Å². The van der Waals surface area contributed by atoms with Crippen LogP contribution in [0.2, 0.25) is 0 Å². The summed E-state index contributed by atoms with van der Waals surface area (Å²) in [5.41, 5.74) is 21.5. The van der Waals surface area contributed by atoms with E-state index >= 15 is 0 Å². The minimum Gasteiger partial charge on any atom is -0.310 e. The summed E-state index contributed by atoms with van der Waals surface area (Å²) in [7, 11) is 0. The predicted octanol–water partition coefficient (Wildman–Crippen LogP) is 15.3. The van der Waals surface area contributed by atoms with Crippen LogP contribution in [0.5, 0.6) is 0 Å². The van der Waals surface area contributed by atoms with E-state index in [9.17, 15) is 0 Å². The van der Waals surface area contributed by atoms with Crippen LogP contribution < -0.4 is 4.90 Å². The van der Waals surface area contributed by atoms with Gasteiger partial charge >= 0.3 is 0 Å². The minimum absolute atomic E-state index is 0.180. The van der Waals surface area contributed by atoms with Gasteiger partial charge in [0.05, 0.1) is 0 Å². The van der Waals surface area contributed by atoms with E-state index in [0.717, 1.165) is 35.5 Å². The Labute approximate surface area is 355 Å². The summed E-state index contributed by atoms with van der Waals surface area (Å²) < 4.78 is 0. The number of para-hydroxylation sites is 1. The Morgan fingerprint density at radius 2 is 0.900 bits per heavy atom. The molecule has 15 rings (SSSR count). The lowest BCUT2D eigenvalue weighted by Crippen LogP contribution is -2.55. The Morgan fingerprint density at radius 1 is 0.350 bits per heavy atom. The van der Waals surface area contributed by atoms with Crippen LogP contribution in [0, 0.1) is 35.5 Å². The molecule has 6 saturated carbocycles. The standard InChI is InChI=1S/C59H51N/c1-2-10-47(11-3-1)60(49-12-8-9-41(33-49)43-21-25-52-50-13-4-6-15-54(50)58(56(52)34-43)36-37-17-22-44(58)28-37)48-23-18-40(19-24-48)42-20-26-53-51-14-5-7-16-55(51)59(57(53)35-42)45-29-38-27-39(31-45)32-46(59)30-38/h1-16,18-21,23-26,33-35,37-39,44-46H,17,22,27-32,36H2. The first-order chi connectivity index (χ1) is 29.6. The highest BCUT2D eigenvalue weighted by molar-refractivity contribution is 5.88. The molecule has 0 saturated heterocycles. The Bertz CT molecular complexity index is 2840. The topological polar surface area (TPSA) is 3.24 Å². The highest BCUT2D eigenvalue weighted by atomic mass is 15.1. The van der Waals surface area contributed by atoms with E-state index in [-0.39, 0.29) is 10.8 Å². The first kappa shape index (κ1) is 34.1. The van der Waals surface area contributed by atoms with Gasteiger partial charge in [0, 0.05) is 27.9 Å². The highest BCUT2D eigenvalue weighted by Gasteiger charge is 2.61. The lowest BCUT2D eigenvalue weighted by atomic mass is 9.43. The van der Waals surface area contributed by atoms with Gasteiger partial charge in [-0.05, 0) is 202 Å². The van der Waals surface area contributed by atoms with E-state index in [4.69, 9.17) is 0 Å². The largest absolute Gasteiger partial charge is 0.310 e. The lowest BCUT2D eigenvalue weighted by Gasteiger charge is -2.61. The van der Waals surface area contributed by atoms with Crippen molar-refractivity contribution in [2.24, 2.45) is 35.5 Å². The zero-order valence-corrected chi connectivity index (χ0v) is 34.4. The number of nitrogens with zero attached hydrogens (tertiary/aromatic N) is 1. The summed E-state index contributed by atoms with van der Waals surface area (Å²) in [5.74, 6) is 5.07. The molecule has 8 aliphatic carbocycles. The van der Waals surface area contributed by atoms with E-state index in [2.05, 4.69) is 169 Å². The molecular weight excluding hydrogens is 723 g/mol. The van der Waals surface area contributed by atoms with E-state index in [0.29, 0.717) is 0 Å². The van der Waals surface area contributed by atoms with Crippen LogP contribution in [0.25, 0.3) is 44.5 Å². The van der Waals surface area contributed by atoms with Crippen molar-refractivity contribution in [1.29, 1.82) is 0 Å². The van der Waals surface area contributed by atoms with Crippen molar-refractivity contribution < 1.29 is 0 Å². The van der Waals surface area contributed by atoms with E-state index in [1.807, 2.05) is 0 Å². The molecule has 0 N–H and O–H groups in total. The van der Waals surface area contributed by atoms with Crippen LogP contribution in [-0.4, -0.2) is 0 Å². The molecule has 2 spiro atoms. The minimum atomic E-state index is 0.180. The summed E-state index contributed by atoms with van der Waals surface area (Å²) in [4.78, 5) is 2.44. The third-order valence-corrected chi connectivity index (χ3v) is 17.5. The van der Waals surface area contributed by atoms with E-state index < -0.39 is 0 Å². The van der Waals surface area contributed by atoms with Gasteiger partial charge in [-0.25, -0.2) is 0 Å². The number of anilines is 3. The first-order valence-corrected chi connectivity index (χ1v) is 23.2. The predicted molar refractivity (Wildman–Crippen MR) is 247 cm³/mol. The second-order valence-corrected chi connectivity index (χ2v) is 20.1. The van der Waals surface area contributed by atoms with Crippen molar-refractivity contribution in [3.05, 3.63) is 186 Å². The maximum absolute atomic E-state index is 2.63. The maximum Gasteiger partial charge on any atom is 0.0467 e. The third kappa shape index (κ3) is 4.54. The normalized spacial score (nSPS) is 29.2. The van der Waals surface area contributed by atoms with Gasteiger partial charge < -0.3 is 4.90 Å². The van der Waals surface area contributed by atoms with Crippen LogP contribution in [0.4, 0.5) is 17.1 Å². The average molecular weight is 774 g/mol. The molecule has 6 fully saturated rings. The monoisotopic (exact) mass is 773 g/mol. The van der Waals surface area contributed by atoms with Gasteiger partial charge in [0.15, 0.2) is 0 Å². The van der Waals surface area contributed by atoms with Crippen molar-refractivity contribution in [2.45, 2.75) is 68.6 Å². The van der Waals surface area contributed by atoms with Crippen LogP contribution >= 0.6 is 0 Å². The number of rotatable bonds is 5. The number of hydrogen-bond acceptors (Lipinski definition) is 1. The number of benzene rings is 7. The molecule has 292 valence electrons. The third-order valence-electron chi connectivity index (χ3n) is 17.5. The molecule has 3 atom stereocenters. The van der Waals surface area contributed by atoms with Crippen molar-refractivity contribution in [3.63, 3.8) is 0 Å². The highest BCUT2D eigenvalue weighted by Crippen LogP contribution is 2.70. The molecule has 1 heteroatoms. The zero-order chi connectivity index (χ0) is 39.2. The van der Waals surface area contributed by atoms with Crippen LogP contribution in [0.3, 0.4) is 0 Å². The molecular formula is C59H51N. The van der Waals surface area contributed by atoms with Crippen LogP contribution in [0.1, 0.15) is 80.0 Å². The van der Waals surface area contributed by atoms with Gasteiger partial charge in [-0.2, -0.15) is 0 Å². The Morgan fingerprint density at radius 3 is 1.62 bits per heavy atom. The molecule has 6 bridgehead atoms. The van der Waals surface area contributed by atoms with Crippen molar-refractivity contribution in [3.8, 4) is 44.5 Å². The summed E-state index contributed by atoms with van der Waals surface area (Å²) in [6.45, 7) is 0. The molecule has 0 heterocycles. The Hall–Kier alpha value is -5.66. The zero-order valence-electron chi connectivity index (χ0n) is 34.4. The molecule has 60 heavy (non-hydrogen) atoms. The lowest BCUT2D eigenvalue weighted by molar-refractivity contribution is -0.0399. The number of hydrogen-bond donors (Lipinski definition) is 0. The van der Waals surface area contributed by atoms with Crippen molar-refractivity contribution in [1.82, 2.24) is 0 Å². The van der Waals surface area contributed by atoms with Gasteiger partial charge in [0.2, 0.25) is 0 Å². The van der Waals surface area contributed by atoms with E-state index in [1.165, 1.54) is 119 Å². The second-order valence-electron chi connectivity index (χ2n) is 20.1. The summed E-state index contributed by atoms with van der Waals surface area (Å²) >= 11 is 0. The van der Waals surface area contributed by atoms with Gasteiger partial charge in [0.1, 0.15) is 0 Å². The Kier molecular flexibility index (Phi) is 7.07. The SMILES string of the molecule is c1ccc(N(c2ccc(-c3ccc4c(c3)C3(c5ccccc5-4)C4CC5CC(C4)CC3C5)cc2)c2cccc(-c3ccc4c(c3)C3(CC5CCC3C5)c3ccccc3-4)c2)cc1. The first-order valence-electron chi connectivity index (χ1n) is 23.2. The molecule has 0 aromatic heterocycles. The molecule has 0 amide bonds. The van der Waals surface area contributed by atoms with E-state index in [1.54, 1.807) is 22.3 Å². The summed E-state index contributed by atoms with van der Waals surface area (Å²) in [6.07, 6.45) is 12.6. The summed E-state index contributed by atoms with van der Waals surface area (Å²) in [6, 6.07) is 63.4. The van der Waals surface area contributed by atoms with Gasteiger partial charge in [-0.3, -0.25) is 0 Å². The fourth-order valence-electron chi connectivity index (χ4n) is 15.6. The molecule has 1 nitrogen and oxygen atoms in total. The van der Waals surface area contributed by atoms with Crippen LogP contribution in [0.15, 0.2) is 164 Å². The van der Waals surface area contributed by atoms with Crippen molar-refractivity contribution >= 4 is 17.1 Å². The molecule has 8 aliphatic rings. The van der Waals surface area contributed by atoms with Gasteiger partial charge in [-0.1, -0.05) is 122 Å². The smallest absolute Gasteiger partial charge is 0.0467 e.